The summed E-state index contributed by atoms with van der Waals surface area (Å²) in [6, 6.07) is 18.6. The maximum Gasteiger partial charge on any atom is 0.253 e. The number of furan rings is 1. The Bertz CT molecular complexity index is 1320. The molecule has 10 heteroatoms. The maximum atomic E-state index is 13.1. The topological polar surface area (TPSA) is 96.6 Å². The van der Waals surface area contributed by atoms with Gasteiger partial charge in [-0.05, 0) is 48.9 Å². The first kappa shape index (κ1) is 23.2. The van der Waals surface area contributed by atoms with Gasteiger partial charge in [-0.15, -0.1) is 5.10 Å². The first-order valence-electron chi connectivity index (χ1n) is 11.0. The van der Waals surface area contributed by atoms with E-state index in [0.29, 0.717) is 28.2 Å². The van der Waals surface area contributed by atoms with E-state index >= 15 is 0 Å². The lowest BCUT2D eigenvalue weighted by molar-refractivity contribution is -0.130. The van der Waals surface area contributed by atoms with Gasteiger partial charge in [-0.25, -0.2) is 9.99 Å². The van der Waals surface area contributed by atoms with E-state index in [0.717, 1.165) is 22.6 Å². The molecule has 3 heterocycles. The van der Waals surface area contributed by atoms with Crippen molar-refractivity contribution in [2.75, 3.05) is 5.75 Å². The van der Waals surface area contributed by atoms with E-state index in [4.69, 9.17) is 20.8 Å². The molecule has 1 unspecified atom stereocenters. The summed E-state index contributed by atoms with van der Waals surface area (Å²) in [4.78, 5) is 17.6. The number of rotatable bonds is 8. The summed E-state index contributed by atoms with van der Waals surface area (Å²) in [5.41, 5.74) is 2.88. The smallest absolute Gasteiger partial charge is 0.253 e. The SMILES string of the molecule is Cc1ccc(OCc2nc(SCC(=O)N3N=C(c4ccc(Cl)cc4)CC3c3ccco3)n[nH]2)cc1. The van der Waals surface area contributed by atoms with Crippen LogP contribution in [0, 0.1) is 6.92 Å². The van der Waals surface area contributed by atoms with E-state index < -0.39 is 0 Å². The molecule has 1 amide bonds. The van der Waals surface area contributed by atoms with Crippen LogP contribution in [0.4, 0.5) is 0 Å². The van der Waals surface area contributed by atoms with Crippen LogP contribution in [0.1, 0.15) is 35.2 Å². The van der Waals surface area contributed by atoms with Crippen LogP contribution in [-0.2, 0) is 11.4 Å². The summed E-state index contributed by atoms with van der Waals surface area (Å²) < 4.78 is 11.3. The van der Waals surface area contributed by atoms with Crippen molar-refractivity contribution in [1.29, 1.82) is 0 Å². The number of carbonyl (C=O) groups is 1. The van der Waals surface area contributed by atoms with Gasteiger partial charge in [0, 0.05) is 11.4 Å². The molecule has 0 spiro atoms. The predicted octanol–water partition coefficient (Wildman–Crippen LogP) is 5.41. The highest BCUT2D eigenvalue weighted by atomic mass is 35.5. The normalized spacial score (nSPS) is 15.3. The Morgan fingerprint density at radius 3 is 2.74 bits per heavy atom. The molecule has 1 aliphatic rings. The van der Waals surface area contributed by atoms with Crippen molar-refractivity contribution in [1.82, 2.24) is 20.2 Å². The monoisotopic (exact) mass is 507 g/mol. The van der Waals surface area contributed by atoms with E-state index in [1.54, 1.807) is 12.3 Å². The lowest BCUT2D eigenvalue weighted by Gasteiger charge is -2.19. The number of benzene rings is 2. The number of halogens is 1. The average Bonchev–Trinajstić information content (AvgIpc) is 3.63. The summed E-state index contributed by atoms with van der Waals surface area (Å²) >= 11 is 7.26. The van der Waals surface area contributed by atoms with E-state index in [1.165, 1.54) is 16.8 Å². The first-order valence-corrected chi connectivity index (χ1v) is 12.3. The van der Waals surface area contributed by atoms with Crippen LogP contribution in [0.25, 0.3) is 0 Å². The standard InChI is InChI=1S/C25H22ClN5O3S/c1-16-4-10-19(11-5-16)34-14-23-27-25(29-28-23)35-15-24(32)31-21(22-3-2-12-33-22)13-20(30-31)17-6-8-18(26)9-7-17/h2-12,21H,13-15H2,1H3,(H,27,28,29). The van der Waals surface area contributed by atoms with Gasteiger partial charge < -0.3 is 9.15 Å². The van der Waals surface area contributed by atoms with Gasteiger partial charge in [-0.3, -0.25) is 9.89 Å². The van der Waals surface area contributed by atoms with Crippen molar-refractivity contribution >= 4 is 35.0 Å². The Labute approximate surface area is 211 Å². The van der Waals surface area contributed by atoms with Gasteiger partial charge in [-0.2, -0.15) is 5.10 Å². The fraction of sp³-hybridized carbons (Fsp3) is 0.200. The van der Waals surface area contributed by atoms with E-state index in [2.05, 4.69) is 20.3 Å². The number of H-pyrrole nitrogens is 1. The van der Waals surface area contributed by atoms with Gasteiger partial charge in [0.2, 0.25) is 5.16 Å². The van der Waals surface area contributed by atoms with Crippen molar-refractivity contribution in [2.24, 2.45) is 5.10 Å². The molecule has 2 aromatic carbocycles. The van der Waals surface area contributed by atoms with Crippen molar-refractivity contribution in [3.8, 4) is 5.75 Å². The molecule has 178 valence electrons. The summed E-state index contributed by atoms with van der Waals surface area (Å²) in [6.07, 6.45) is 2.15. The number of amides is 1. The highest BCUT2D eigenvalue weighted by Crippen LogP contribution is 2.34. The average molecular weight is 508 g/mol. The Kier molecular flexibility index (Phi) is 6.87. The zero-order chi connectivity index (χ0) is 24.2. The van der Waals surface area contributed by atoms with Gasteiger partial charge in [0.25, 0.3) is 5.91 Å². The number of nitrogens with one attached hydrogen (secondary N) is 1. The maximum absolute atomic E-state index is 13.1. The summed E-state index contributed by atoms with van der Waals surface area (Å²) in [5.74, 6) is 1.99. The molecule has 1 aliphatic heterocycles. The lowest BCUT2D eigenvalue weighted by atomic mass is 10.0. The van der Waals surface area contributed by atoms with Crippen LogP contribution >= 0.6 is 23.4 Å². The van der Waals surface area contributed by atoms with Crippen LogP contribution in [0.5, 0.6) is 5.75 Å². The van der Waals surface area contributed by atoms with Gasteiger partial charge in [0.15, 0.2) is 5.82 Å². The summed E-state index contributed by atoms with van der Waals surface area (Å²) in [7, 11) is 0. The largest absolute Gasteiger partial charge is 0.486 e. The van der Waals surface area contributed by atoms with Crippen LogP contribution in [-0.4, -0.2) is 37.6 Å². The number of aromatic nitrogens is 3. The highest BCUT2D eigenvalue weighted by molar-refractivity contribution is 7.99. The Morgan fingerprint density at radius 2 is 2.00 bits per heavy atom. The van der Waals surface area contributed by atoms with E-state index in [-0.39, 0.29) is 24.3 Å². The van der Waals surface area contributed by atoms with Gasteiger partial charge in [0.05, 0.1) is 17.7 Å². The number of ether oxygens (including phenoxy) is 1. The molecule has 8 nitrogen and oxygen atoms in total. The summed E-state index contributed by atoms with van der Waals surface area (Å²) in [5, 5.41) is 14.3. The van der Waals surface area contributed by atoms with Gasteiger partial charge >= 0.3 is 0 Å². The molecule has 0 saturated carbocycles. The van der Waals surface area contributed by atoms with Gasteiger partial charge in [-0.1, -0.05) is 53.2 Å². The number of aryl methyl sites for hydroxylation is 1. The molecular weight excluding hydrogens is 486 g/mol. The number of hydrazone groups is 1. The van der Waals surface area contributed by atoms with Crippen molar-refractivity contribution in [3.63, 3.8) is 0 Å². The minimum absolute atomic E-state index is 0.130. The van der Waals surface area contributed by atoms with Gasteiger partial charge in [0.1, 0.15) is 24.2 Å². The zero-order valence-electron chi connectivity index (χ0n) is 18.8. The predicted molar refractivity (Wildman–Crippen MR) is 134 cm³/mol. The molecular formula is C25H22ClN5O3S. The molecule has 0 fully saturated rings. The Balaban J connectivity index is 1.23. The fourth-order valence-electron chi connectivity index (χ4n) is 3.65. The van der Waals surface area contributed by atoms with Crippen molar-refractivity contribution in [3.05, 3.63) is 94.7 Å². The number of carbonyl (C=O) groups excluding carboxylic acids is 1. The third-order valence-electron chi connectivity index (χ3n) is 5.45. The van der Waals surface area contributed by atoms with Crippen LogP contribution in [0.3, 0.4) is 0 Å². The Morgan fingerprint density at radius 1 is 1.20 bits per heavy atom. The first-order chi connectivity index (χ1) is 17.0. The highest BCUT2D eigenvalue weighted by Gasteiger charge is 2.34. The second-order valence-corrected chi connectivity index (χ2v) is 9.36. The molecule has 35 heavy (non-hydrogen) atoms. The van der Waals surface area contributed by atoms with Crippen molar-refractivity contribution in [2.45, 2.75) is 31.1 Å². The van der Waals surface area contributed by atoms with E-state index in [9.17, 15) is 4.79 Å². The van der Waals surface area contributed by atoms with E-state index in [1.807, 2.05) is 61.5 Å². The lowest BCUT2D eigenvalue weighted by Crippen LogP contribution is -2.28. The molecule has 5 rings (SSSR count). The molecule has 0 aliphatic carbocycles. The molecule has 1 atom stereocenters. The molecule has 0 radical (unpaired) electrons. The number of hydrogen-bond donors (Lipinski definition) is 1. The molecule has 4 aromatic rings. The van der Waals surface area contributed by atoms with Crippen LogP contribution in [0.15, 0.2) is 81.6 Å². The molecule has 2 aromatic heterocycles. The number of nitrogens with zero attached hydrogens (tertiary/aromatic N) is 4. The molecule has 0 bridgehead atoms. The quantitative estimate of drug-likeness (QED) is 0.320. The minimum atomic E-state index is -0.311. The van der Waals surface area contributed by atoms with Crippen LogP contribution < -0.4 is 4.74 Å². The third kappa shape index (κ3) is 5.58. The fourth-order valence-corrected chi connectivity index (χ4v) is 4.44. The third-order valence-corrected chi connectivity index (χ3v) is 6.53. The number of aromatic amines is 1. The minimum Gasteiger partial charge on any atom is -0.486 e. The molecule has 0 saturated heterocycles. The number of thioether (sulfide) groups is 1. The Hall–Kier alpha value is -3.56. The summed E-state index contributed by atoms with van der Waals surface area (Å²) in [6.45, 7) is 2.28. The second kappa shape index (κ2) is 10.4. The second-order valence-electron chi connectivity index (χ2n) is 7.98. The number of hydrogen-bond acceptors (Lipinski definition) is 7. The molecule has 1 N–H and O–H groups in total. The zero-order valence-corrected chi connectivity index (χ0v) is 20.4. The van der Waals surface area contributed by atoms with Crippen LogP contribution in [0.2, 0.25) is 5.02 Å². The van der Waals surface area contributed by atoms with Crippen molar-refractivity contribution < 1.29 is 13.9 Å².